The number of anilines is 1. The molecule has 1 amide bonds. The second kappa shape index (κ2) is 8.32. The van der Waals surface area contributed by atoms with E-state index in [1.54, 1.807) is 53.2 Å². The number of phenols is 2. The molecule has 2 heterocycles. The first-order valence-electron chi connectivity index (χ1n) is 9.91. The molecular weight excluding hydrogens is 424 g/mol. The molecular formula is C24H18N4O3S. The van der Waals surface area contributed by atoms with Gasteiger partial charge in [0.2, 0.25) is 5.91 Å². The molecule has 1 saturated heterocycles. The van der Waals surface area contributed by atoms with Gasteiger partial charge in [-0.1, -0.05) is 18.2 Å². The highest BCUT2D eigenvalue weighted by molar-refractivity contribution is 8.00. The predicted molar refractivity (Wildman–Crippen MR) is 125 cm³/mol. The Bertz CT molecular complexity index is 1340. The number of hydrogen-bond acceptors (Lipinski definition) is 7. The van der Waals surface area contributed by atoms with Crippen LogP contribution in [0.15, 0.2) is 89.2 Å². The van der Waals surface area contributed by atoms with Gasteiger partial charge < -0.3 is 10.2 Å². The zero-order chi connectivity index (χ0) is 22.1. The number of azo groups is 1. The maximum absolute atomic E-state index is 12.7. The summed E-state index contributed by atoms with van der Waals surface area (Å²) in [4.78, 5) is 18.6. The Morgan fingerprint density at radius 1 is 0.969 bits per heavy atom. The molecule has 0 aliphatic carbocycles. The van der Waals surface area contributed by atoms with Gasteiger partial charge in [-0.25, -0.2) is 0 Å². The molecule has 32 heavy (non-hydrogen) atoms. The number of pyridine rings is 1. The van der Waals surface area contributed by atoms with Crippen LogP contribution in [0.1, 0.15) is 10.9 Å². The molecule has 5 rings (SSSR count). The molecule has 8 heteroatoms. The van der Waals surface area contributed by atoms with Gasteiger partial charge in [0.05, 0.1) is 17.1 Å². The predicted octanol–water partition coefficient (Wildman–Crippen LogP) is 5.84. The summed E-state index contributed by atoms with van der Waals surface area (Å²) in [7, 11) is 0. The van der Waals surface area contributed by atoms with Crippen LogP contribution in [0.25, 0.3) is 10.9 Å². The van der Waals surface area contributed by atoms with E-state index >= 15 is 0 Å². The molecule has 0 spiro atoms. The van der Waals surface area contributed by atoms with Crippen molar-refractivity contribution in [2.75, 3.05) is 10.7 Å². The maximum atomic E-state index is 12.7. The van der Waals surface area contributed by atoms with Crippen LogP contribution in [0, 0.1) is 0 Å². The number of phenolic OH excluding ortho intramolecular Hbond substituents is 2. The Balaban J connectivity index is 1.46. The summed E-state index contributed by atoms with van der Waals surface area (Å²) in [5, 5.41) is 28.8. The van der Waals surface area contributed by atoms with Gasteiger partial charge >= 0.3 is 0 Å². The van der Waals surface area contributed by atoms with Gasteiger partial charge in [-0.05, 0) is 60.2 Å². The van der Waals surface area contributed by atoms with Crippen LogP contribution in [-0.2, 0) is 4.79 Å². The summed E-state index contributed by atoms with van der Waals surface area (Å²) < 4.78 is 0. The van der Waals surface area contributed by atoms with Crippen molar-refractivity contribution < 1.29 is 15.0 Å². The van der Waals surface area contributed by atoms with Crippen molar-refractivity contribution in [2.45, 2.75) is 5.37 Å². The van der Waals surface area contributed by atoms with E-state index in [1.807, 2.05) is 42.5 Å². The molecule has 1 fully saturated rings. The van der Waals surface area contributed by atoms with Crippen LogP contribution in [-0.4, -0.2) is 26.9 Å². The van der Waals surface area contributed by atoms with E-state index in [-0.39, 0.29) is 22.8 Å². The standard InChI is InChI=1S/C24H18N4O3S/c29-18-8-6-15(7-9-18)24-28(22(31)14-32-24)17-4-1-3-16(13-17)26-27-20-10-11-21(30)23-19(20)5-2-12-25-23/h1-13,24,29-30H,14H2. The molecule has 0 radical (unpaired) electrons. The number of aromatic nitrogens is 1. The van der Waals surface area contributed by atoms with Gasteiger partial charge in [-0.2, -0.15) is 5.11 Å². The summed E-state index contributed by atoms with van der Waals surface area (Å²) in [6.45, 7) is 0. The van der Waals surface area contributed by atoms with Crippen molar-refractivity contribution in [3.05, 3.63) is 84.6 Å². The van der Waals surface area contributed by atoms with E-state index in [9.17, 15) is 15.0 Å². The first kappa shape index (κ1) is 20.0. The summed E-state index contributed by atoms with van der Waals surface area (Å²) in [6, 6.07) is 21.1. The quantitative estimate of drug-likeness (QED) is 0.387. The first-order chi connectivity index (χ1) is 15.6. The number of fused-ring (bicyclic) bond motifs is 1. The number of aromatic hydroxyl groups is 2. The Labute approximate surface area is 188 Å². The SMILES string of the molecule is O=C1CSC(c2ccc(O)cc2)N1c1cccc(N=Nc2ccc(O)c3ncccc23)c1. The Morgan fingerprint density at radius 2 is 1.81 bits per heavy atom. The van der Waals surface area contributed by atoms with Crippen molar-refractivity contribution in [3.63, 3.8) is 0 Å². The lowest BCUT2D eigenvalue weighted by Gasteiger charge is -2.24. The summed E-state index contributed by atoms with van der Waals surface area (Å²) in [5.41, 5.74) is 3.32. The molecule has 3 aromatic carbocycles. The fourth-order valence-corrected chi connectivity index (χ4v) is 4.81. The lowest BCUT2D eigenvalue weighted by Crippen LogP contribution is -2.27. The minimum absolute atomic E-state index is 0.0118. The van der Waals surface area contributed by atoms with Crippen molar-refractivity contribution in [1.29, 1.82) is 0 Å². The van der Waals surface area contributed by atoms with Gasteiger partial charge in [-0.3, -0.25) is 14.7 Å². The molecule has 1 aliphatic rings. The van der Waals surface area contributed by atoms with Crippen molar-refractivity contribution in [3.8, 4) is 11.5 Å². The molecule has 4 aromatic rings. The number of rotatable bonds is 4. The highest BCUT2D eigenvalue weighted by Gasteiger charge is 2.34. The zero-order valence-electron chi connectivity index (χ0n) is 16.8. The minimum Gasteiger partial charge on any atom is -0.508 e. The third-order valence-electron chi connectivity index (χ3n) is 5.15. The molecule has 2 N–H and O–H groups in total. The molecule has 0 bridgehead atoms. The van der Waals surface area contributed by atoms with Crippen LogP contribution in [0.5, 0.6) is 11.5 Å². The smallest absolute Gasteiger partial charge is 0.238 e. The first-order valence-corrected chi connectivity index (χ1v) is 11.0. The fourth-order valence-electron chi connectivity index (χ4n) is 3.64. The third-order valence-corrected chi connectivity index (χ3v) is 6.36. The monoisotopic (exact) mass is 442 g/mol. The van der Waals surface area contributed by atoms with E-state index in [2.05, 4.69) is 15.2 Å². The topological polar surface area (TPSA) is 98.4 Å². The number of hydrogen-bond donors (Lipinski definition) is 2. The Morgan fingerprint density at radius 3 is 2.66 bits per heavy atom. The van der Waals surface area contributed by atoms with Crippen LogP contribution < -0.4 is 4.90 Å². The highest BCUT2D eigenvalue weighted by atomic mass is 32.2. The lowest BCUT2D eigenvalue weighted by atomic mass is 10.1. The largest absolute Gasteiger partial charge is 0.508 e. The van der Waals surface area contributed by atoms with E-state index in [0.717, 1.165) is 11.3 Å². The van der Waals surface area contributed by atoms with Crippen LogP contribution in [0.3, 0.4) is 0 Å². The van der Waals surface area contributed by atoms with Gasteiger partial charge in [-0.15, -0.1) is 16.9 Å². The second-order valence-corrected chi connectivity index (χ2v) is 8.31. The average molecular weight is 443 g/mol. The minimum atomic E-state index is -0.178. The number of carbonyl (C=O) groups excluding carboxylic acids is 1. The molecule has 158 valence electrons. The summed E-state index contributed by atoms with van der Waals surface area (Å²) in [6.07, 6.45) is 1.61. The molecule has 1 atom stereocenters. The number of thioether (sulfide) groups is 1. The van der Waals surface area contributed by atoms with E-state index < -0.39 is 0 Å². The lowest BCUT2D eigenvalue weighted by molar-refractivity contribution is -0.115. The Kier molecular flexibility index (Phi) is 5.20. The number of benzene rings is 3. The van der Waals surface area contributed by atoms with E-state index in [4.69, 9.17) is 0 Å². The van der Waals surface area contributed by atoms with Crippen molar-refractivity contribution >= 4 is 45.6 Å². The normalized spacial score (nSPS) is 16.3. The van der Waals surface area contributed by atoms with Gasteiger partial charge in [0, 0.05) is 17.3 Å². The second-order valence-electron chi connectivity index (χ2n) is 7.24. The van der Waals surface area contributed by atoms with Crippen molar-refractivity contribution in [1.82, 2.24) is 4.98 Å². The van der Waals surface area contributed by atoms with Gasteiger partial charge in [0.1, 0.15) is 22.4 Å². The summed E-state index contributed by atoms with van der Waals surface area (Å²) in [5.74, 6) is 0.669. The van der Waals surface area contributed by atoms with Crippen LogP contribution in [0.4, 0.5) is 17.1 Å². The fraction of sp³-hybridized carbons (Fsp3) is 0.0833. The molecule has 1 unspecified atom stereocenters. The molecule has 0 saturated carbocycles. The zero-order valence-corrected chi connectivity index (χ0v) is 17.6. The number of amides is 1. The van der Waals surface area contributed by atoms with Gasteiger partial charge in [0.15, 0.2) is 0 Å². The third kappa shape index (κ3) is 3.76. The molecule has 7 nitrogen and oxygen atoms in total. The molecule has 1 aromatic heterocycles. The summed E-state index contributed by atoms with van der Waals surface area (Å²) >= 11 is 1.54. The number of nitrogens with zero attached hydrogens (tertiary/aromatic N) is 4. The maximum Gasteiger partial charge on any atom is 0.238 e. The van der Waals surface area contributed by atoms with Crippen LogP contribution in [0.2, 0.25) is 0 Å². The highest BCUT2D eigenvalue weighted by Crippen LogP contribution is 2.43. The van der Waals surface area contributed by atoms with Crippen molar-refractivity contribution in [2.24, 2.45) is 10.2 Å². The molecule has 1 aliphatic heterocycles. The van der Waals surface area contributed by atoms with E-state index in [0.29, 0.717) is 28.0 Å². The van der Waals surface area contributed by atoms with Crippen LogP contribution >= 0.6 is 11.8 Å². The Hall–Kier alpha value is -3.91. The van der Waals surface area contributed by atoms with E-state index in [1.165, 1.54) is 0 Å². The van der Waals surface area contributed by atoms with Gasteiger partial charge in [0.25, 0.3) is 0 Å². The number of carbonyl (C=O) groups is 1. The average Bonchev–Trinajstić information content (AvgIpc) is 3.21.